The number of aromatic nitrogens is 2. The molecule has 0 saturated heterocycles. The Morgan fingerprint density at radius 1 is 1.35 bits per heavy atom. The summed E-state index contributed by atoms with van der Waals surface area (Å²) in [5.74, 6) is 1.16. The molecule has 4 heteroatoms. The van der Waals surface area contributed by atoms with Crippen LogP contribution in [0.4, 0.5) is 0 Å². The van der Waals surface area contributed by atoms with Gasteiger partial charge in [-0.25, -0.2) is 4.98 Å². The molecule has 1 heterocycles. The van der Waals surface area contributed by atoms with Crippen molar-refractivity contribution in [2.75, 3.05) is 14.2 Å². The van der Waals surface area contributed by atoms with Gasteiger partial charge in [-0.1, -0.05) is 25.7 Å². The Labute approximate surface area is 122 Å². The fourth-order valence-electron chi connectivity index (χ4n) is 3.60. The molecular weight excluding hydrogens is 250 g/mol. The first-order valence-electron chi connectivity index (χ1n) is 7.90. The van der Waals surface area contributed by atoms with E-state index in [9.17, 15) is 0 Å². The molecule has 1 aromatic rings. The first kappa shape index (κ1) is 15.5. The Morgan fingerprint density at radius 3 is 2.55 bits per heavy atom. The quantitative estimate of drug-likeness (QED) is 0.814. The number of ether oxygens (including phenoxy) is 1. The summed E-state index contributed by atoms with van der Waals surface area (Å²) in [7, 11) is 6.01. The zero-order valence-corrected chi connectivity index (χ0v) is 13.2. The van der Waals surface area contributed by atoms with Gasteiger partial charge < -0.3 is 14.6 Å². The minimum Gasteiger partial charge on any atom is -0.377 e. The molecule has 1 atom stereocenters. The van der Waals surface area contributed by atoms with Crippen LogP contribution in [0.2, 0.25) is 0 Å². The summed E-state index contributed by atoms with van der Waals surface area (Å²) in [6.07, 6.45) is 13.6. The monoisotopic (exact) mass is 279 g/mol. The van der Waals surface area contributed by atoms with E-state index in [1.807, 2.05) is 19.5 Å². The highest BCUT2D eigenvalue weighted by atomic mass is 16.5. The van der Waals surface area contributed by atoms with Crippen LogP contribution >= 0.6 is 0 Å². The van der Waals surface area contributed by atoms with Crippen molar-refractivity contribution in [1.29, 1.82) is 0 Å². The van der Waals surface area contributed by atoms with E-state index in [2.05, 4.69) is 29.0 Å². The Balaban J connectivity index is 2.02. The maximum absolute atomic E-state index is 6.02. The first-order chi connectivity index (χ1) is 9.72. The van der Waals surface area contributed by atoms with E-state index in [4.69, 9.17) is 4.74 Å². The van der Waals surface area contributed by atoms with Gasteiger partial charge in [-0.05, 0) is 26.3 Å². The van der Waals surface area contributed by atoms with Gasteiger partial charge in [0.15, 0.2) is 0 Å². The van der Waals surface area contributed by atoms with Crippen molar-refractivity contribution in [3.05, 3.63) is 18.2 Å². The van der Waals surface area contributed by atoms with Gasteiger partial charge in [-0.2, -0.15) is 0 Å². The molecule has 4 nitrogen and oxygen atoms in total. The average Bonchev–Trinajstić information content (AvgIpc) is 2.74. The van der Waals surface area contributed by atoms with Crippen molar-refractivity contribution in [2.45, 2.75) is 63.0 Å². The summed E-state index contributed by atoms with van der Waals surface area (Å²) in [6, 6.07) is 0.405. The lowest BCUT2D eigenvalue weighted by Gasteiger charge is -2.39. The van der Waals surface area contributed by atoms with Crippen molar-refractivity contribution in [1.82, 2.24) is 14.9 Å². The molecule has 1 aromatic heterocycles. The van der Waals surface area contributed by atoms with Crippen LogP contribution in [0.25, 0.3) is 0 Å². The molecule has 114 valence electrons. The standard InChI is InChI=1S/C16H29N3O/c1-17-14(8-9-15-18-12-13-19(15)2)16(20-3)10-6-4-5-7-11-16/h12-14,17H,4-11H2,1-3H3. The molecule has 1 N–H and O–H groups in total. The zero-order chi connectivity index (χ0) is 14.4. The smallest absolute Gasteiger partial charge is 0.108 e. The largest absolute Gasteiger partial charge is 0.377 e. The van der Waals surface area contributed by atoms with Crippen LogP contribution in [-0.2, 0) is 18.2 Å². The van der Waals surface area contributed by atoms with Gasteiger partial charge in [0, 0.05) is 39.0 Å². The van der Waals surface area contributed by atoms with Gasteiger partial charge in [-0.3, -0.25) is 0 Å². The van der Waals surface area contributed by atoms with E-state index in [1.165, 1.54) is 38.5 Å². The molecule has 20 heavy (non-hydrogen) atoms. The third kappa shape index (κ3) is 3.41. The van der Waals surface area contributed by atoms with E-state index in [0.717, 1.165) is 18.7 Å². The number of methoxy groups -OCH3 is 1. The van der Waals surface area contributed by atoms with Crippen LogP contribution in [0, 0.1) is 0 Å². The van der Waals surface area contributed by atoms with Gasteiger partial charge in [-0.15, -0.1) is 0 Å². The minimum absolute atomic E-state index is 0.0103. The summed E-state index contributed by atoms with van der Waals surface area (Å²) in [4.78, 5) is 4.43. The maximum Gasteiger partial charge on any atom is 0.108 e. The van der Waals surface area contributed by atoms with E-state index in [0.29, 0.717) is 6.04 Å². The molecule has 0 bridgehead atoms. The second-order valence-electron chi connectivity index (χ2n) is 6.02. The highest BCUT2D eigenvalue weighted by Crippen LogP contribution is 2.34. The molecule has 1 aliphatic rings. The number of imidazole rings is 1. The lowest BCUT2D eigenvalue weighted by Crippen LogP contribution is -2.51. The zero-order valence-electron chi connectivity index (χ0n) is 13.2. The van der Waals surface area contributed by atoms with Crippen LogP contribution in [0.5, 0.6) is 0 Å². The highest BCUT2D eigenvalue weighted by Gasteiger charge is 2.38. The molecule has 2 rings (SSSR count). The molecule has 0 radical (unpaired) electrons. The van der Waals surface area contributed by atoms with Crippen LogP contribution in [-0.4, -0.2) is 35.4 Å². The van der Waals surface area contributed by atoms with E-state index >= 15 is 0 Å². The second kappa shape index (κ2) is 7.23. The number of hydrogen-bond acceptors (Lipinski definition) is 3. The lowest BCUT2D eigenvalue weighted by atomic mass is 9.83. The molecule has 0 aliphatic heterocycles. The van der Waals surface area contributed by atoms with Crippen LogP contribution in [0.15, 0.2) is 12.4 Å². The third-order valence-corrected chi connectivity index (χ3v) is 4.92. The predicted molar refractivity (Wildman–Crippen MR) is 81.8 cm³/mol. The third-order valence-electron chi connectivity index (χ3n) is 4.92. The maximum atomic E-state index is 6.02. The normalized spacial score (nSPS) is 20.6. The number of rotatable bonds is 6. The van der Waals surface area contributed by atoms with Crippen molar-refractivity contribution in [3.8, 4) is 0 Å². The first-order valence-corrected chi connectivity index (χ1v) is 7.90. The van der Waals surface area contributed by atoms with Crippen molar-refractivity contribution >= 4 is 0 Å². The molecule has 1 fully saturated rings. The van der Waals surface area contributed by atoms with Crippen molar-refractivity contribution in [3.63, 3.8) is 0 Å². The van der Waals surface area contributed by atoms with Gasteiger partial charge >= 0.3 is 0 Å². The van der Waals surface area contributed by atoms with E-state index < -0.39 is 0 Å². The Kier molecular flexibility index (Phi) is 5.61. The summed E-state index contributed by atoms with van der Waals surface area (Å²) < 4.78 is 8.13. The molecule has 0 spiro atoms. The Hall–Kier alpha value is -0.870. The average molecular weight is 279 g/mol. The Bertz CT molecular complexity index is 394. The highest BCUT2D eigenvalue weighted by molar-refractivity contribution is 4.98. The fraction of sp³-hybridized carbons (Fsp3) is 0.812. The Morgan fingerprint density at radius 2 is 2.05 bits per heavy atom. The number of aryl methyl sites for hydroxylation is 2. The molecule has 0 amide bonds. The molecule has 1 saturated carbocycles. The number of likely N-dealkylation sites (N-methyl/N-ethyl adjacent to an activating group) is 1. The number of nitrogens with one attached hydrogen (secondary N) is 1. The number of hydrogen-bond donors (Lipinski definition) is 1. The summed E-state index contributed by atoms with van der Waals surface area (Å²) in [5.41, 5.74) is 0.0103. The van der Waals surface area contributed by atoms with Gasteiger partial charge in [0.05, 0.1) is 5.60 Å². The van der Waals surface area contributed by atoms with E-state index in [1.54, 1.807) is 0 Å². The van der Waals surface area contributed by atoms with Gasteiger partial charge in [0.2, 0.25) is 0 Å². The van der Waals surface area contributed by atoms with Gasteiger partial charge in [0.1, 0.15) is 5.82 Å². The summed E-state index contributed by atoms with van der Waals surface area (Å²) in [5, 5.41) is 3.51. The van der Waals surface area contributed by atoms with Crippen molar-refractivity contribution < 1.29 is 4.74 Å². The minimum atomic E-state index is 0.0103. The molecule has 0 aromatic carbocycles. The summed E-state index contributed by atoms with van der Waals surface area (Å²) in [6.45, 7) is 0. The molecular formula is C16H29N3O. The van der Waals surface area contributed by atoms with Gasteiger partial charge in [0.25, 0.3) is 0 Å². The molecule has 1 unspecified atom stereocenters. The second-order valence-corrected chi connectivity index (χ2v) is 6.02. The van der Waals surface area contributed by atoms with E-state index in [-0.39, 0.29) is 5.60 Å². The number of nitrogens with zero attached hydrogens (tertiary/aromatic N) is 2. The van der Waals surface area contributed by atoms with Crippen LogP contribution in [0.3, 0.4) is 0 Å². The summed E-state index contributed by atoms with van der Waals surface area (Å²) >= 11 is 0. The fourth-order valence-corrected chi connectivity index (χ4v) is 3.60. The molecule has 1 aliphatic carbocycles. The van der Waals surface area contributed by atoms with Crippen LogP contribution in [0.1, 0.15) is 50.8 Å². The predicted octanol–water partition coefficient (Wildman–Crippen LogP) is 2.68. The van der Waals surface area contributed by atoms with Crippen molar-refractivity contribution in [2.24, 2.45) is 7.05 Å². The lowest BCUT2D eigenvalue weighted by molar-refractivity contribution is -0.0530. The topological polar surface area (TPSA) is 39.1 Å². The SMILES string of the molecule is CNC(CCc1nccn1C)C1(OC)CCCCCC1. The van der Waals surface area contributed by atoms with Crippen LogP contribution < -0.4 is 5.32 Å².